The number of hydrogen-bond donors (Lipinski definition) is 1. The van der Waals surface area contributed by atoms with Crippen LogP contribution in [0.1, 0.15) is 21.5 Å². The fraction of sp³-hybridized carbons (Fsp3) is 0.316. The molecule has 0 spiro atoms. The highest BCUT2D eigenvalue weighted by Gasteiger charge is 2.13. The van der Waals surface area contributed by atoms with Crippen molar-refractivity contribution in [1.29, 1.82) is 0 Å². The molecule has 1 amide bonds. The molecule has 1 N–H and O–H groups in total. The van der Waals surface area contributed by atoms with E-state index in [-0.39, 0.29) is 5.91 Å². The molecule has 0 saturated heterocycles. The monoisotopic (exact) mass is 345 g/mol. The summed E-state index contributed by atoms with van der Waals surface area (Å²) in [5.74, 6) is 2.31. The van der Waals surface area contributed by atoms with Crippen molar-refractivity contribution < 1.29 is 23.7 Å². The number of nitrogens with one attached hydrogen (secondary N) is 1. The van der Waals surface area contributed by atoms with Gasteiger partial charge in [-0.2, -0.15) is 0 Å². The van der Waals surface area contributed by atoms with E-state index in [0.717, 1.165) is 16.9 Å². The summed E-state index contributed by atoms with van der Waals surface area (Å²) < 4.78 is 21.1. The lowest BCUT2D eigenvalue weighted by Crippen LogP contribution is -2.23. The maximum absolute atomic E-state index is 12.5. The van der Waals surface area contributed by atoms with Crippen molar-refractivity contribution in [3.63, 3.8) is 0 Å². The molecule has 6 nitrogen and oxygen atoms in total. The first kappa shape index (κ1) is 18.4. The fourth-order valence-electron chi connectivity index (χ4n) is 2.47. The molecular formula is C19H23NO5. The summed E-state index contributed by atoms with van der Waals surface area (Å²) in [5, 5.41) is 2.88. The summed E-state index contributed by atoms with van der Waals surface area (Å²) in [6.45, 7) is 2.24. The van der Waals surface area contributed by atoms with Crippen molar-refractivity contribution in [2.75, 3.05) is 28.4 Å². The van der Waals surface area contributed by atoms with Gasteiger partial charge in [0.15, 0.2) is 0 Å². The Kier molecular flexibility index (Phi) is 6.11. The van der Waals surface area contributed by atoms with E-state index in [2.05, 4.69) is 5.32 Å². The number of carbonyl (C=O) groups excluding carboxylic acids is 1. The van der Waals surface area contributed by atoms with Gasteiger partial charge in [0.05, 0.1) is 28.4 Å². The second kappa shape index (κ2) is 8.28. The molecule has 0 aromatic heterocycles. The molecule has 134 valence electrons. The predicted octanol–water partition coefficient (Wildman–Crippen LogP) is 2.96. The quantitative estimate of drug-likeness (QED) is 0.836. The lowest BCUT2D eigenvalue weighted by atomic mass is 10.1. The van der Waals surface area contributed by atoms with Gasteiger partial charge < -0.3 is 24.3 Å². The summed E-state index contributed by atoms with van der Waals surface area (Å²) >= 11 is 0. The maximum atomic E-state index is 12.5. The zero-order valence-electron chi connectivity index (χ0n) is 15.1. The minimum atomic E-state index is -0.237. The number of benzene rings is 2. The molecule has 0 unspecified atom stereocenters. The molecule has 0 aliphatic heterocycles. The van der Waals surface area contributed by atoms with Gasteiger partial charge >= 0.3 is 0 Å². The van der Waals surface area contributed by atoms with E-state index in [1.807, 2.05) is 19.1 Å². The third-order valence-electron chi connectivity index (χ3n) is 3.85. The largest absolute Gasteiger partial charge is 0.497 e. The lowest BCUT2D eigenvalue weighted by molar-refractivity contribution is 0.0950. The molecule has 0 bridgehead atoms. The summed E-state index contributed by atoms with van der Waals surface area (Å²) in [4.78, 5) is 12.5. The van der Waals surface area contributed by atoms with Crippen molar-refractivity contribution in [3.05, 3.63) is 47.0 Å². The van der Waals surface area contributed by atoms with Crippen LogP contribution in [0.3, 0.4) is 0 Å². The van der Waals surface area contributed by atoms with Crippen LogP contribution in [0, 0.1) is 6.92 Å². The average Bonchev–Trinajstić information content (AvgIpc) is 2.65. The van der Waals surface area contributed by atoms with E-state index in [4.69, 9.17) is 18.9 Å². The van der Waals surface area contributed by atoms with Crippen LogP contribution in [-0.2, 0) is 6.54 Å². The van der Waals surface area contributed by atoms with E-state index in [1.165, 1.54) is 0 Å². The topological polar surface area (TPSA) is 66.0 Å². The molecule has 0 radical (unpaired) electrons. The van der Waals surface area contributed by atoms with Crippen LogP contribution in [0.25, 0.3) is 0 Å². The number of carbonyl (C=O) groups is 1. The Morgan fingerprint density at radius 3 is 1.96 bits per heavy atom. The van der Waals surface area contributed by atoms with E-state index in [0.29, 0.717) is 29.4 Å². The highest BCUT2D eigenvalue weighted by Crippen LogP contribution is 2.28. The zero-order valence-corrected chi connectivity index (χ0v) is 15.1. The van der Waals surface area contributed by atoms with Gasteiger partial charge in [0.1, 0.15) is 23.0 Å². The van der Waals surface area contributed by atoms with Gasteiger partial charge in [0.25, 0.3) is 5.91 Å². The number of aryl methyl sites for hydroxylation is 1. The van der Waals surface area contributed by atoms with Crippen molar-refractivity contribution in [1.82, 2.24) is 5.32 Å². The third kappa shape index (κ3) is 4.35. The van der Waals surface area contributed by atoms with Gasteiger partial charge in [-0.15, -0.1) is 0 Å². The van der Waals surface area contributed by atoms with Gasteiger partial charge in [-0.3, -0.25) is 4.79 Å². The molecule has 0 aliphatic rings. The number of hydrogen-bond acceptors (Lipinski definition) is 5. The van der Waals surface area contributed by atoms with Crippen molar-refractivity contribution in [2.45, 2.75) is 13.5 Å². The first-order valence-corrected chi connectivity index (χ1v) is 7.75. The van der Waals surface area contributed by atoms with E-state index >= 15 is 0 Å². The number of amides is 1. The molecule has 0 aliphatic carbocycles. The fourth-order valence-corrected chi connectivity index (χ4v) is 2.47. The van der Waals surface area contributed by atoms with Crippen molar-refractivity contribution >= 4 is 5.91 Å². The minimum Gasteiger partial charge on any atom is -0.497 e. The van der Waals surface area contributed by atoms with Gasteiger partial charge in [-0.05, 0) is 36.8 Å². The molecule has 0 fully saturated rings. The first-order chi connectivity index (χ1) is 12.0. The Bertz CT molecular complexity index is 735. The smallest absolute Gasteiger partial charge is 0.251 e. The van der Waals surface area contributed by atoms with Crippen LogP contribution >= 0.6 is 0 Å². The molecule has 0 atom stereocenters. The van der Waals surface area contributed by atoms with Gasteiger partial charge in [-0.25, -0.2) is 0 Å². The molecule has 0 heterocycles. The lowest BCUT2D eigenvalue weighted by Gasteiger charge is -2.14. The number of rotatable bonds is 7. The van der Waals surface area contributed by atoms with E-state index < -0.39 is 0 Å². The first-order valence-electron chi connectivity index (χ1n) is 7.75. The molecule has 6 heteroatoms. The van der Waals surface area contributed by atoms with E-state index in [9.17, 15) is 4.79 Å². The molecule has 2 aromatic carbocycles. The number of methoxy groups -OCH3 is 4. The Morgan fingerprint density at radius 1 is 0.840 bits per heavy atom. The number of ether oxygens (including phenoxy) is 4. The second-order valence-electron chi connectivity index (χ2n) is 5.42. The van der Waals surface area contributed by atoms with Crippen LogP contribution in [-0.4, -0.2) is 34.3 Å². The minimum absolute atomic E-state index is 0.237. The van der Waals surface area contributed by atoms with Crippen LogP contribution < -0.4 is 24.3 Å². The molecule has 25 heavy (non-hydrogen) atoms. The summed E-state index contributed by atoms with van der Waals surface area (Å²) in [7, 11) is 6.29. The zero-order chi connectivity index (χ0) is 18.4. The second-order valence-corrected chi connectivity index (χ2v) is 5.42. The molecule has 0 saturated carbocycles. The standard InChI is InChI=1S/C19H23NO5/c1-12-6-18(25-5)14(9-17(12)24-4)11-20-19(21)13-7-15(22-2)10-16(8-13)23-3/h6-10H,11H2,1-5H3,(H,20,21). The van der Waals surface area contributed by atoms with Crippen LogP contribution in [0.4, 0.5) is 0 Å². The summed E-state index contributed by atoms with van der Waals surface area (Å²) in [5.41, 5.74) is 2.24. The Hall–Kier alpha value is -2.89. The highest BCUT2D eigenvalue weighted by molar-refractivity contribution is 5.95. The van der Waals surface area contributed by atoms with Crippen molar-refractivity contribution in [2.24, 2.45) is 0 Å². The normalized spacial score (nSPS) is 10.1. The van der Waals surface area contributed by atoms with Crippen molar-refractivity contribution in [3.8, 4) is 23.0 Å². The Morgan fingerprint density at radius 2 is 1.44 bits per heavy atom. The molecular weight excluding hydrogens is 322 g/mol. The van der Waals surface area contributed by atoms with Gasteiger partial charge in [-0.1, -0.05) is 0 Å². The molecule has 2 aromatic rings. The average molecular weight is 345 g/mol. The van der Waals surface area contributed by atoms with Gasteiger partial charge in [0.2, 0.25) is 0 Å². The highest BCUT2D eigenvalue weighted by atomic mass is 16.5. The predicted molar refractivity (Wildman–Crippen MR) is 95.0 cm³/mol. The van der Waals surface area contributed by atoms with Crippen LogP contribution in [0.15, 0.2) is 30.3 Å². The Balaban J connectivity index is 2.20. The Labute approximate surface area is 147 Å². The summed E-state index contributed by atoms with van der Waals surface area (Å²) in [6.07, 6.45) is 0. The van der Waals surface area contributed by atoms with Crippen LogP contribution in [0.2, 0.25) is 0 Å². The maximum Gasteiger partial charge on any atom is 0.251 e. The third-order valence-corrected chi connectivity index (χ3v) is 3.85. The SMILES string of the molecule is COc1cc(OC)cc(C(=O)NCc2cc(OC)c(C)cc2OC)c1. The van der Waals surface area contributed by atoms with Gasteiger partial charge in [0, 0.05) is 23.7 Å². The summed E-state index contributed by atoms with van der Waals surface area (Å²) in [6, 6.07) is 8.77. The van der Waals surface area contributed by atoms with E-state index in [1.54, 1.807) is 46.6 Å². The van der Waals surface area contributed by atoms with Crippen LogP contribution in [0.5, 0.6) is 23.0 Å². The molecule has 2 rings (SSSR count).